The van der Waals surface area contributed by atoms with Crippen molar-refractivity contribution in [2.45, 2.75) is 31.6 Å². The molecule has 4 atom stereocenters. The first-order valence-electron chi connectivity index (χ1n) is 9.01. The summed E-state index contributed by atoms with van der Waals surface area (Å²) in [7, 11) is 0. The first-order chi connectivity index (χ1) is 12.9. The van der Waals surface area contributed by atoms with Crippen molar-refractivity contribution in [3.8, 4) is 17.2 Å². The number of allylic oxidation sites excluding steroid dienone is 2. The monoisotopic (exact) mass is 372 g/mol. The van der Waals surface area contributed by atoms with E-state index in [2.05, 4.69) is 0 Å². The van der Waals surface area contributed by atoms with Crippen molar-refractivity contribution in [2.24, 2.45) is 17.8 Å². The second-order valence-electron chi connectivity index (χ2n) is 7.33. The van der Waals surface area contributed by atoms with Crippen molar-refractivity contribution in [2.75, 3.05) is 0 Å². The molecule has 1 aliphatic heterocycles. The molecule has 4 rings (SSSR count). The van der Waals surface area contributed by atoms with Crippen LogP contribution in [0.4, 0.5) is 0 Å². The van der Waals surface area contributed by atoms with Gasteiger partial charge in [0.2, 0.25) is 17.3 Å². The van der Waals surface area contributed by atoms with Gasteiger partial charge in [0.1, 0.15) is 0 Å². The van der Waals surface area contributed by atoms with E-state index < -0.39 is 41.0 Å². The molecule has 1 fully saturated rings. The number of carboxylic acid groups (broad SMARTS) is 1. The van der Waals surface area contributed by atoms with Gasteiger partial charge in [0.05, 0.1) is 5.92 Å². The molecule has 142 valence electrons. The maximum absolute atomic E-state index is 11.9. The quantitative estimate of drug-likeness (QED) is 0.588. The molecule has 0 spiro atoms. The van der Waals surface area contributed by atoms with E-state index in [0.29, 0.717) is 18.4 Å². The molecule has 1 aromatic rings. The Bertz CT molecular complexity index is 883. The average molecular weight is 372 g/mol. The number of fused-ring (bicyclic) bond motifs is 2. The minimum absolute atomic E-state index is 0.00406. The standard InChI is InChI=1S/C20H20O7/c21-13-7-5-11-15(9-3-1-2-4-10(9)20(25)26)12-6-8-14(22)17(24)19(12)27-18(11)16(13)23/h5-11,15,22-24H,1-4H2,(H,25,26). The van der Waals surface area contributed by atoms with Crippen LogP contribution in [0.2, 0.25) is 0 Å². The van der Waals surface area contributed by atoms with Crippen molar-refractivity contribution >= 4 is 11.8 Å². The molecule has 4 N–H and O–H groups in total. The van der Waals surface area contributed by atoms with Gasteiger partial charge >= 0.3 is 5.97 Å². The van der Waals surface area contributed by atoms with E-state index in [1.54, 1.807) is 12.1 Å². The van der Waals surface area contributed by atoms with Gasteiger partial charge in [0.15, 0.2) is 17.3 Å². The Morgan fingerprint density at radius 3 is 2.59 bits per heavy atom. The Morgan fingerprint density at radius 2 is 1.85 bits per heavy atom. The zero-order chi connectivity index (χ0) is 19.3. The SMILES string of the molecule is O=C1C=CC2C(=C1O)Oc1c(ccc(O)c1O)C2C1CCCCC1C(=O)O. The Balaban J connectivity index is 1.91. The molecule has 0 amide bonds. The highest BCUT2D eigenvalue weighted by atomic mass is 16.5. The van der Waals surface area contributed by atoms with Crippen molar-refractivity contribution in [3.05, 3.63) is 41.4 Å². The number of phenolic OH excluding ortho intramolecular Hbond substituents is 2. The predicted molar refractivity (Wildman–Crippen MR) is 93.5 cm³/mol. The number of hydrogen-bond acceptors (Lipinski definition) is 6. The molecule has 3 aliphatic rings. The van der Waals surface area contributed by atoms with Gasteiger partial charge in [-0.1, -0.05) is 25.0 Å². The van der Waals surface area contributed by atoms with Gasteiger partial charge < -0.3 is 25.2 Å². The van der Waals surface area contributed by atoms with Gasteiger partial charge in [-0.2, -0.15) is 0 Å². The zero-order valence-corrected chi connectivity index (χ0v) is 14.5. The third-order valence-electron chi connectivity index (χ3n) is 5.92. The lowest BCUT2D eigenvalue weighted by Crippen LogP contribution is -2.38. The number of ether oxygens (including phenoxy) is 1. The van der Waals surface area contributed by atoms with Crippen LogP contribution in [0.25, 0.3) is 0 Å². The third-order valence-corrected chi connectivity index (χ3v) is 5.92. The predicted octanol–water partition coefficient (Wildman–Crippen LogP) is 2.99. The lowest BCUT2D eigenvalue weighted by atomic mass is 9.64. The Hall–Kier alpha value is -2.96. The highest BCUT2D eigenvalue weighted by molar-refractivity contribution is 6.03. The van der Waals surface area contributed by atoms with E-state index in [-0.39, 0.29) is 23.2 Å². The lowest BCUT2D eigenvalue weighted by molar-refractivity contribution is -0.145. The van der Waals surface area contributed by atoms with Crippen LogP contribution in [0.5, 0.6) is 17.2 Å². The van der Waals surface area contributed by atoms with Crippen LogP contribution in [0.15, 0.2) is 35.8 Å². The zero-order valence-electron chi connectivity index (χ0n) is 14.5. The number of aliphatic carboxylic acids is 1. The van der Waals surface area contributed by atoms with Crippen LogP contribution in [0.3, 0.4) is 0 Å². The van der Waals surface area contributed by atoms with E-state index in [0.717, 1.165) is 12.8 Å². The van der Waals surface area contributed by atoms with E-state index in [4.69, 9.17) is 4.74 Å². The Kier molecular flexibility index (Phi) is 4.09. The van der Waals surface area contributed by atoms with Crippen LogP contribution in [-0.2, 0) is 9.59 Å². The second kappa shape index (κ2) is 6.33. The molecular weight excluding hydrogens is 352 g/mol. The molecule has 7 nitrogen and oxygen atoms in total. The molecule has 27 heavy (non-hydrogen) atoms. The summed E-state index contributed by atoms with van der Waals surface area (Å²) >= 11 is 0. The van der Waals surface area contributed by atoms with Crippen LogP contribution in [-0.4, -0.2) is 32.2 Å². The summed E-state index contributed by atoms with van der Waals surface area (Å²) in [5, 5.41) is 40.1. The van der Waals surface area contributed by atoms with E-state index in [1.807, 2.05) is 0 Å². The number of carbonyl (C=O) groups is 2. The summed E-state index contributed by atoms with van der Waals surface area (Å²) in [6.45, 7) is 0. The first kappa shape index (κ1) is 17.5. The summed E-state index contributed by atoms with van der Waals surface area (Å²) in [6, 6.07) is 2.95. The largest absolute Gasteiger partial charge is 0.504 e. The third kappa shape index (κ3) is 2.65. The number of rotatable bonds is 2. The molecule has 1 aromatic carbocycles. The molecule has 0 saturated heterocycles. The number of aromatic hydroxyl groups is 2. The fourth-order valence-corrected chi connectivity index (χ4v) is 4.68. The van der Waals surface area contributed by atoms with Gasteiger partial charge in [-0.25, -0.2) is 0 Å². The smallest absolute Gasteiger partial charge is 0.306 e. The van der Waals surface area contributed by atoms with E-state index in [9.17, 15) is 30.0 Å². The minimum atomic E-state index is -0.874. The number of aliphatic hydroxyl groups is 1. The summed E-state index contributed by atoms with van der Waals surface area (Å²) < 4.78 is 5.65. The van der Waals surface area contributed by atoms with Crippen LogP contribution in [0.1, 0.15) is 37.2 Å². The van der Waals surface area contributed by atoms with Crippen molar-refractivity contribution in [3.63, 3.8) is 0 Å². The fourth-order valence-electron chi connectivity index (χ4n) is 4.68. The number of aliphatic hydroxyl groups excluding tert-OH is 1. The van der Waals surface area contributed by atoms with Gasteiger partial charge in [-0.05, 0) is 30.9 Å². The summed E-state index contributed by atoms with van der Waals surface area (Å²) in [4.78, 5) is 23.8. The number of carboxylic acids is 1. The van der Waals surface area contributed by atoms with Crippen molar-refractivity contribution < 1.29 is 34.8 Å². The van der Waals surface area contributed by atoms with Gasteiger partial charge in [-0.15, -0.1) is 0 Å². The molecular formula is C20H20O7. The fraction of sp³-hybridized carbons (Fsp3) is 0.400. The van der Waals surface area contributed by atoms with Crippen LogP contribution < -0.4 is 4.74 Å². The van der Waals surface area contributed by atoms with Crippen LogP contribution >= 0.6 is 0 Å². The topological polar surface area (TPSA) is 124 Å². The molecule has 7 heteroatoms. The number of phenols is 2. The molecule has 1 heterocycles. The minimum Gasteiger partial charge on any atom is -0.504 e. The van der Waals surface area contributed by atoms with Crippen molar-refractivity contribution in [1.82, 2.24) is 0 Å². The lowest BCUT2D eigenvalue weighted by Gasteiger charge is -2.43. The molecule has 0 aromatic heterocycles. The van der Waals surface area contributed by atoms with Crippen molar-refractivity contribution in [1.29, 1.82) is 0 Å². The van der Waals surface area contributed by atoms with Gasteiger partial charge in [0.25, 0.3) is 0 Å². The molecule has 0 bridgehead atoms. The average Bonchev–Trinajstić information content (AvgIpc) is 2.66. The highest BCUT2D eigenvalue weighted by Gasteiger charge is 2.47. The van der Waals surface area contributed by atoms with Gasteiger partial charge in [-0.3, -0.25) is 9.59 Å². The molecule has 0 radical (unpaired) electrons. The number of hydrogen-bond donors (Lipinski definition) is 4. The van der Waals surface area contributed by atoms with Crippen LogP contribution in [0, 0.1) is 17.8 Å². The number of carbonyl (C=O) groups excluding carboxylic acids is 1. The summed E-state index contributed by atoms with van der Waals surface area (Å²) in [6.07, 6.45) is 5.83. The number of benzene rings is 1. The normalized spacial score (nSPS) is 29.7. The summed E-state index contributed by atoms with van der Waals surface area (Å²) in [5.41, 5.74) is 0.573. The summed E-state index contributed by atoms with van der Waals surface area (Å²) in [5.74, 6) is -4.68. The maximum atomic E-state index is 11.9. The first-order valence-corrected chi connectivity index (χ1v) is 9.01. The molecule has 2 aliphatic carbocycles. The highest BCUT2D eigenvalue weighted by Crippen LogP contribution is 2.56. The second-order valence-corrected chi connectivity index (χ2v) is 7.33. The van der Waals surface area contributed by atoms with E-state index >= 15 is 0 Å². The molecule has 1 saturated carbocycles. The Morgan fingerprint density at radius 1 is 1.11 bits per heavy atom. The van der Waals surface area contributed by atoms with Gasteiger partial charge in [0, 0.05) is 17.4 Å². The van der Waals surface area contributed by atoms with E-state index in [1.165, 1.54) is 12.1 Å². The number of ketones is 1. The Labute approximate surface area is 155 Å². The maximum Gasteiger partial charge on any atom is 0.306 e. The molecule has 4 unspecified atom stereocenters.